The predicted molar refractivity (Wildman–Crippen MR) is 53.9 cm³/mol. The fraction of sp³-hybridized carbons (Fsp3) is 0.273. The van der Waals surface area contributed by atoms with E-state index >= 15 is 0 Å². The van der Waals surface area contributed by atoms with Gasteiger partial charge in [-0.3, -0.25) is 0 Å². The van der Waals surface area contributed by atoms with Crippen molar-refractivity contribution in [3.8, 4) is 0 Å². The average Bonchev–Trinajstić information content (AvgIpc) is 2.57. The van der Waals surface area contributed by atoms with Crippen molar-refractivity contribution in [1.82, 2.24) is 4.57 Å². The smallest absolute Gasteiger partial charge is 0.379 e. The fourth-order valence-corrected chi connectivity index (χ4v) is 1.66. The lowest BCUT2D eigenvalue weighted by atomic mass is 10.1. The third-order valence-corrected chi connectivity index (χ3v) is 2.54. The first-order valence-corrected chi connectivity index (χ1v) is 4.69. The van der Waals surface area contributed by atoms with Crippen LogP contribution in [0, 0.1) is 0 Å². The zero-order valence-corrected chi connectivity index (χ0v) is 8.49. The Morgan fingerprint density at radius 3 is 2.56 bits per heavy atom. The van der Waals surface area contributed by atoms with Gasteiger partial charge >= 0.3 is 6.18 Å². The van der Waals surface area contributed by atoms with Crippen molar-refractivity contribution in [1.29, 1.82) is 0 Å². The minimum Gasteiger partial charge on any atom is -0.379 e. The topological polar surface area (TPSA) is 25.2 Å². The van der Waals surface area contributed by atoms with Crippen molar-refractivity contribution in [3.05, 3.63) is 36.0 Å². The fourth-order valence-electron chi connectivity index (χ4n) is 1.66. The normalized spacial score (nSPS) is 14.3. The molecule has 1 N–H and O–H groups in total. The molecule has 16 heavy (non-hydrogen) atoms. The van der Waals surface area contributed by atoms with Gasteiger partial charge in [-0.05, 0) is 29.1 Å². The Hall–Kier alpha value is -1.49. The van der Waals surface area contributed by atoms with Crippen LogP contribution in [0.5, 0.6) is 0 Å². The van der Waals surface area contributed by atoms with Crippen LogP contribution in [-0.4, -0.2) is 15.8 Å². The Morgan fingerprint density at radius 1 is 1.25 bits per heavy atom. The van der Waals surface area contributed by atoms with Crippen LogP contribution < -0.4 is 0 Å². The highest BCUT2D eigenvalue weighted by Crippen LogP contribution is 2.33. The predicted octanol–water partition coefficient (Wildman–Crippen LogP) is 2.77. The highest BCUT2D eigenvalue weighted by molar-refractivity contribution is 5.80. The number of benzene rings is 1. The Morgan fingerprint density at radius 2 is 1.94 bits per heavy atom. The lowest BCUT2D eigenvalue weighted by molar-refractivity contribution is -0.206. The molecular formula is C11H10F3NO. The number of aryl methyl sites for hydroxylation is 1. The minimum atomic E-state index is -4.62. The number of halogens is 3. The molecule has 1 heterocycles. The molecule has 0 spiro atoms. The molecule has 86 valence electrons. The molecule has 0 unspecified atom stereocenters. The maximum Gasteiger partial charge on any atom is 0.418 e. The zero-order valence-electron chi connectivity index (χ0n) is 8.49. The molecule has 2 nitrogen and oxygen atoms in total. The van der Waals surface area contributed by atoms with E-state index in [4.69, 9.17) is 5.11 Å². The van der Waals surface area contributed by atoms with Crippen LogP contribution in [0.3, 0.4) is 0 Å². The van der Waals surface area contributed by atoms with Crippen LogP contribution in [0.1, 0.15) is 11.7 Å². The summed E-state index contributed by atoms with van der Waals surface area (Å²) in [5.74, 6) is 0. The Labute approximate surface area is 89.9 Å². The van der Waals surface area contributed by atoms with Gasteiger partial charge in [0.15, 0.2) is 6.10 Å². The van der Waals surface area contributed by atoms with E-state index in [1.54, 1.807) is 22.9 Å². The first kappa shape index (κ1) is 11.0. The summed E-state index contributed by atoms with van der Waals surface area (Å²) in [5.41, 5.74) is 0.698. The summed E-state index contributed by atoms with van der Waals surface area (Å²) in [6.45, 7) is 0. The molecule has 1 aromatic carbocycles. The summed E-state index contributed by atoms with van der Waals surface area (Å²) >= 11 is 0. The minimum absolute atomic E-state index is 0.133. The summed E-state index contributed by atoms with van der Waals surface area (Å²) < 4.78 is 38.7. The second-order valence-corrected chi connectivity index (χ2v) is 3.69. The van der Waals surface area contributed by atoms with E-state index < -0.39 is 12.3 Å². The van der Waals surface area contributed by atoms with Crippen LogP contribution in [0.15, 0.2) is 30.5 Å². The summed E-state index contributed by atoms with van der Waals surface area (Å²) in [6.07, 6.45) is -5.28. The molecule has 0 fully saturated rings. The SMILES string of the molecule is Cn1ccc2cc([C@H](O)C(F)(F)F)ccc21. The number of aliphatic hydroxyl groups excluding tert-OH is 1. The van der Waals surface area contributed by atoms with Crippen LogP contribution in [0.4, 0.5) is 13.2 Å². The number of rotatable bonds is 1. The summed E-state index contributed by atoms with van der Waals surface area (Å²) in [7, 11) is 1.81. The van der Waals surface area contributed by atoms with Crippen LogP contribution >= 0.6 is 0 Å². The van der Waals surface area contributed by atoms with Crippen LogP contribution in [-0.2, 0) is 7.05 Å². The van der Waals surface area contributed by atoms with Crippen molar-refractivity contribution in [2.45, 2.75) is 12.3 Å². The van der Waals surface area contributed by atoms with Gasteiger partial charge in [-0.1, -0.05) is 6.07 Å². The molecule has 2 rings (SSSR count). The number of hydrogen-bond acceptors (Lipinski definition) is 1. The first-order chi connectivity index (χ1) is 7.39. The molecule has 0 aliphatic heterocycles. The first-order valence-electron chi connectivity index (χ1n) is 4.69. The number of alkyl halides is 3. The lowest BCUT2D eigenvalue weighted by Gasteiger charge is -2.14. The molecule has 2 aromatic rings. The van der Waals surface area contributed by atoms with Crippen molar-refractivity contribution in [2.24, 2.45) is 7.05 Å². The molecule has 0 bridgehead atoms. The van der Waals surface area contributed by atoms with Gasteiger partial charge in [0.1, 0.15) is 0 Å². The van der Waals surface area contributed by atoms with Crippen LogP contribution in [0.2, 0.25) is 0 Å². The third kappa shape index (κ3) is 1.78. The zero-order chi connectivity index (χ0) is 11.9. The maximum atomic E-state index is 12.3. The molecular weight excluding hydrogens is 219 g/mol. The average molecular weight is 229 g/mol. The number of fused-ring (bicyclic) bond motifs is 1. The molecule has 0 amide bonds. The molecule has 1 atom stereocenters. The Kier molecular flexibility index (Phi) is 2.42. The molecule has 5 heteroatoms. The number of nitrogens with zero attached hydrogens (tertiary/aromatic N) is 1. The molecule has 0 saturated heterocycles. The van der Waals surface area contributed by atoms with E-state index in [1.807, 2.05) is 7.05 Å². The molecule has 0 aliphatic rings. The van der Waals surface area contributed by atoms with E-state index in [2.05, 4.69) is 0 Å². The third-order valence-electron chi connectivity index (χ3n) is 2.54. The van der Waals surface area contributed by atoms with Gasteiger partial charge in [0.25, 0.3) is 0 Å². The van der Waals surface area contributed by atoms with Gasteiger partial charge in [0.2, 0.25) is 0 Å². The van der Waals surface area contributed by atoms with Crippen molar-refractivity contribution >= 4 is 10.9 Å². The van der Waals surface area contributed by atoms with E-state index in [0.717, 1.165) is 5.52 Å². The summed E-state index contributed by atoms with van der Waals surface area (Å²) in [6, 6.07) is 5.93. The van der Waals surface area contributed by atoms with E-state index in [-0.39, 0.29) is 5.56 Å². The van der Waals surface area contributed by atoms with Gasteiger partial charge in [-0.25, -0.2) is 0 Å². The largest absolute Gasteiger partial charge is 0.418 e. The lowest BCUT2D eigenvalue weighted by Crippen LogP contribution is -2.20. The highest BCUT2D eigenvalue weighted by atomic mass is 19.4. The second-order valence-electron chi connectivity index (χ2n) is 3.69. The van der Waals surface area contributed by atoms with Crippen molar-refractivity contribution in [2.75, 3.05) is 0 Å². The summed E-state index contributed by atoms with van der Waals surface area (Å²) in [5, 5.41) is 9.78. The van der Waals surface area contributed by atoms with E-state index in [9.17, 15) is 13.2 Å². The maximum absolute atomic E-state index is 12.3. The van der Waals surface area contributed by atoms with E-state index in [1.165, 1.54) is 12.1 Å². The van der Waals surface area contributed by atoms with Crippen LogP contribution in [0.25, 0.3) is 10.9 Å². The van der Waals surface area contributed by atoms with Gasteiger partial charge in [0, 0.05) is 18.8 Å². The van der Waals surface area contributed by atoms with Crippen molar-refractivity contribution < 1.29 is 18.3 Å². The highest BCUT2D eigenvalue weighted by Gasteiger charge is 2.39. The van der Waals surface area contributed by atoms with Gasteiger partial charge in [-0.15, -0.1) is 0 Å². The number of aromatic nitrogens is 1. The van der Waals surface area contributed by atoms with E-state index in [0.29, 0.717) is 5.39 Å². The molecule has 0 saturated carbocycles. The van der Waals surface area contributed by atoms with Gasteiger partial charge in [0.05, 0.1) is 0 Å². The second kappa shape index (κ2) is 3.52. The number of hydrogen-bond donors (Lipinski definition) is 1. The number of aliphatic hydroxyl groups is 1. The summed E-state index contributed by atoms with van der Waals surface area (Å²) in [4.78, 5) is 0. The monoisotopic (exact) mass is 229 g/mol. The molecule has 0 aliphatic carbocycles. The van der Waals surface area contributed by atoms with Gasteiger partial charge < -0.3 is 9.67 Å². The van der Waals surface area contributed by atoms with Gasteiger partial charge in [-0.2, -0.15) is 13.2 Å². The molecule has 1 aromatic heterocycles. The Bertz CT molecular complexity index is 515. The molecule has 0 radical (unpaired) electrons. The Balaban J connectivity index is 2.47. The standard InChI is InChI=1S/C11H10F3NO/c1-15-5-4-7-6-8(2-3-9(7)15)10(16)11(12,13)14/h2-6,10,16H,1H3/t10-/m0/s1. The quantitative estimate of drug-likeness (QED) is 0.799. The van der Waals surface area contributed by atoms with Crippen molar-refractivity contribution in [3.63, 3.8) is 0 Å².